The molecule has 0 bridgehead atoms. The highest BCUT2D eigenvalue weighted by Gasteiger charge is 2.24. The van der Waals surface area contributed by atoms with E-state index in [2.05, 4.69) is 207 Å². The lowest BCUT2D eigenvalue weighted by molar-refractivity contribution is 1.66. The van der Waals surface area contributed by atoms with E-state index in [-0.39, 0.29) is 0 Å². The van der Waals surface area contributed by atoms with Crippen molar-refractivity contribution in [2.24, 2.45) is 0 Å². The maximum absolute atomic E-state index is 5.01. The molecule has 272 valence electrons. The van der Waals surface area contributed by atoms with Crippen LogP contribution in [0.5, 0.6) is 0 Å². The van der Waals surface area contributed by atoms with Gasteiger partial charge in [-0.2, -0.15) is 0 Å². The fourth-order valence-electron chi connectivity index (χ4n) is 9.57. The van der Waals surface area contributed by atoms with Gasteiger partial charge in [-0.1, -0.05) is 201 Å². The average Bonchev–Trinajstić information content (AvgIpc) is 3.66. The lowest BCUT2D eigenvalue weighted by Gasteiger charge is -2.20. The zero-order chi connectivity index (χ0) is 38.7. The fraction of sp³-hybridized carbons (Fsp3) is 0.0175. The normalized spacial score (nSPS) is 11.9. The molecular weight excluding hydrogens is 717 g/mol. The number of allylic oxidation sites excluding steroid dienone is 1. The molecule has 0 saturated carbocycles. The van der Waals surface area contributed by atoms with Crippen LogP contribution < -0.4 is 0 Å². The van der Waals surface area contributed by atoms with Crippen molar-refractivity contribution in [3.63, 3.8) is 0 Å². The summed E-state index contributed by atoms with van der Waals surface area (Å²) < 4.78 is 1.25. The third-order valence-corrected chi connectivity index (χ3v) is 13.1. The third kappa shape index (κ3) is 5.21. The van der Waals surface area contributed by atoms with E-state index in [4.69, 9.17) is 6.58 Å². The summed E-state index contributed by atoms with van der Waals surface area (Å²) in [5.74, 6) is 0. The molecule has 0 amide bonds. The van der Waals surface area contributed by atoms with E-state index >= 15 is 0 Å². The molecule has 58 heavy (non-hydrogen) atoms. The minimum absolute atomic E-state index is 1.05. The summed E-state index contributed by atoms with van der Waals surface area (Å²) in [5.41, 5.74) is 11.0. The Kier molecular flexibility index (Phi) is 8.17. The van der Waals surface area contributed by atoms with Gasteiger partial charge in [0.2, 0.25) is 0 Å². The molecule has 11 aromatic rings. The van der Waals surface area contributed by atoms with Gasteiger partial charge >= 0.3 is 0 Å². The van der Waals surface area contributed by atoms with Crippen molar-refractivity contribution < 1.29 is 0 Å². The van der Waals surface area contributed by atoms with Crippen molar-refractivity contribution in [3.8, 4) is 33.4 Å². The van der Waals surface area contributed by atoms with Gasteiger partial charge in [0.1, 0.15) is 0 Å². The van der Waals surface area contributed by atoms with Crippen molar-refractivity contribution in [3.05, 3.63) is 217 Å². The number of benzene rings is 10. The van der Waals surface area contributed by atoms with Gasteiger partial charge in [-0.15, -0.1) is 11.3 Å². The first-order chi connectivity index (χ1) is 28.7. The van der Waals surface area contributed by atoms with Gasteiger partial charge < -0.3 is 0 Å². The average molecular weight is 755 g/mol. The number of hydrogen-bond donors (Lipinski definition) is 0. The second-order valence-electron chi connectivity index (χ2n) is 15.1. The minimum Gasteiger partial charge on any atom is -0.135 e. The Hall–Kier alpha value is -7.06. The Morgan fingerprint density at radius 3 is 1.48 bits per heavy atom. The van der Waals surface area contributed by atoms with Crippen LogP contribution in [0.3, 0.4) is 0 Å². The zero-order valence-electron chi connectivity index (χ0n) is 32.2. The number of hydrogen-bond acceptors (Lipinski definition) is 1. The Morgan fingerprint density at radius 2 is 0.879 bits per heavy atom. The molecular formula is C57H38S. The van der Waals surface area contributed by atoms with Crippen LogP contribution in [0, 0.1) is 0 Å². The molecule has 0 spiro atoms. The summed E-state index contributed by atoms with van der Waals surface area (Å²) in [6.45, 7) is 7.14. The highest BCUT2D eigenvalue weighted by Crippen LogP contribution is 2.51. The van der Waals surface area contributed by atoms with E-state index in [0.717, 1.165) is 5.57 Å². The molecule has 10 aromatic carbocycles. The zero-order valence-corrected chi connectivity index (χ0v) is 33.0. The molecule has 11 rings (SSSR count). The second-order valence-corrected chi connectivity index (χ2v) is 16.1. The first kappa shape index (κ1) is 34.2. The molecule has 0 fully saturated rings. The number of fused-ring (bicyclic) bond motifs is 6. The predicted molar refractivity (Wildman–Crippen MR) is 255 cm³/mol. The molecule has 0 unspecified atom stereocenters. The molecule has 0 aliphatic rings. The van der Waals surface area contributed by atoms with Gasteiger partial charge in [0, 0.05) is 20.5 Å². The van der Waals surface area contributed by atoms with E-state index in [1.54, 1.807) is 0 Å². The quantitative estimate of drug-likeness (QED) is 0.148. The molecule has 1 heteroatoms. The maximum Gasteiger partial charge on any atom is 0.0428 e. The molecule has 0 atom stereocenters. The third-order valence-electron chi connectivity index (χ3n) is 11.9. The fourth-order valence-corrected chi connectivity index (χ4v) is 10.8. The summed E-state index contributed by atoms with van der Waals surface area (Å²) in [5, 5.41) is 13.7. The topological polar surface area (TPSA) is 0 Å². The Labute approximate surface area is 342 Å². The molecule has 0 N–H and O–H groups in total. The number of rotatable bonds is 6. The molecule has 0 aliphatic carbocycles. The maximum atomic E-state index is 5.01. The van der Waals surface area contributed by atoms with Gasteiger partial charge in [-0.05, 0) is 111 Å². The first-order valence-corrected chi connectivity index (χ1v) is 20.8. The summed E-state index contributed by atoms with van der Waals surface area (Å²) in [6, 6.07) is 68.9. The van der Waals surface area contributed by atoms with Gasteiger partial charge in [0.05, 0.1) is 0 Å². The molecule has 0 nitrogen and oxygen atoms in total. The Balaban J connectivity index is 1.20. The molecule has 1 heterocycles. The Bertz CT molecular complexity index is 3350. The van der Waals surface area contributed by atoms with Crippen LogP contribution in [0.1, 0.15) is 22.9 Å². The van der Waals surface area contributed by atoms with Crippen molar-refractivity contribution in [1.29, 1.82) is 0 Å². The summed E-state index contributed by atoms with van der Waals surface area (Å²) in [6.07, 6.45) is 4.49. The lowest BCUT2D eigenvalue weighted by Crippen LogP contribution is -1.95. The van der Waals surface area contributed by atoms with Crippen molar-refractivity contribution in [1.82, 2.24) is 0 Å². The molecule has 1 aromatic heterocycles. The van der Waals surface area contributed by atoms with E-state index in [1.165, 1.54) is 113 Å². The van der Waals surface area contributed by atoms with E-state index in [0.29, 0.717) is 0 Å². The standard InChI is InChI=1S/C57H38S/c1-3-19-50-56-49(55-47-31-15-11-27-43(47)53(38-21-5-4-6-22-38)44-28-12-16-32-48(44)55)34-18-35-51(56)58-57(50)36(2)52-41-25-9-13-29-45(41)54(46-30-14-10-26-42(46)52)40-33-17-23-37-20-7-8-24-39(37)40/h3-35H,2H2,1H3/b19-3-. The van der Waals surface area contributed by atoms with Crippen LogP contribution >= 0.6 is 11.3 Å². The van der Waals surface area contributed by atoms with Crippen molar-refractivity contribution in [2.75, 3.05) is 0 Å². The van der Waals surface area contributed by atoms with E-state index in [9.17, 15) is 0 Å². The highest BCUT2D eigenvalue weighted by atomic mass is 32.1. The molecule has 0 radical (unpaired) electrons. The van der Waals surface area contributed by atoms with Gasteiger partial charge in [0.25, 0.3) is 0 Å². The van der Waals surface area contributed by atoms with Crippen LogP contribution in [-0.2, 0) is 0 Å². The minimum atomic E-state index is 1.05. The van der Waals surface area contributed by atoms with Crippen LogP contribution in [0.25, 0.3) is 109 Å². The van der Waals surface area contributed by atoms with Gasteiger partial charge in [-0.3, -0.25) is 0 Å². The smallest absolute Gasteiger partial charge is 0.0428 e. The van der Waals surface area contributed by atoms with Crippen molar-refractivity contribution in [2.45, 2.75) is 6.92 Å². The van der Waals surface area contributed by atoms with Crippen LogP contribution in [0.15, 0.2) is 201 Å². The SMILES string of the molecule is C=C(c1sc2cccc(-c3c4ccccc4c(-c4ccccc4)c4ccccc34)c2c1/C=C\C)c1c2ccccc2c(-c2cccc3ccccc23)c2ccccc12. The Morgan fingerprint density at radius 1 is 0.431 bits per heavy atom. The number of thiophene rings is 1. The predicted octanol–water partition coefficient (Wildman–Crippen LogP) is 16.8. The van der Waals surface area contributed by atoms with Crippen molar-refractivity contribution >= 4 is 86.9 Å². The summed E-state index contributed by atoms with van der Waals surface area (Å²) in [7, 11) is 0. The molecule has 0 aliphatic heterocycles. The lowest BCUT2D eigenvalue weighted by atomic mass is 9.83. The first-order valence-electron chi connectivity index (χ1n) is 20.0. The van der Waals surface area contributed by atoms with Gasteiger partial charge in [-0.25, -0.2) is 0 Å². The van der Waals surface area contributed by atoms with Crippen LogP contribution in [0.4, 0.5) is 0 Å². The van der Waals surface area contributed by atoms with Crippen LogP contribution in [0.2, 0.25) is 0 Å². The molecule has 0 saturated heterocycles. The monoisotopic (exact) mass is 754 g/mol. The van der Waals surface area contributed by atoms with Crippen LogP contribution in [-0.4, -0.2) is 0 Å². The summed E-state index contributed by atoms with van der Waals surface area (Å²) in [4.78, 5) is 1.20. The highest BCUT2D eigenvalue weighted by molar-refractivity contribution is 7.20. The summed E-state index contributed by atoms with van der Waals surface area (Å²) >= 11 is 1.86. The van der Waals surface area contributed by atoms with Gasteiger partial charge in [0.15, 0.2) is 0 Å². The van der Waals surface area contributed by atoms with E-state index < -0.39 is 0 Å². The largest absolute Gasteiger partial charge is 0.135 e. The van der Waals surface area contributed by atoms with E-state index in [1.807, 2.05) is 11.3 Å². The second kappa shape index (κ2) is 13.8.